The van der Waals surface area contributed by atoms with Gasteiger partial charge in [0.05, 0.1) is 0 Å². The van der Waals surface area contributed by atoms with Gasteiger partial charge in [-0.25, -0.2) is 0 Å². The van der Waals surface area contributed by atoms with Crippen molar-refractivity contribution < 1.29 is 9.32 Å². The van der Waals surface area contributed by atoms with Crippen molar-refractivity contribution in [1.82, 2.24) is 5.16 Å². The second kappa shape index (κ2) is 6.22. The van der Waals surface area contributed by atoms with Gasteiger partial charge in [-0.05, 0) is 12.8 Å². The van der Waals surface area contributed by atoms with Gasteiger partial charge in [-0.15, -0.1) is 0 Å². The van der Waals surface area contributed by atoms with Crippen LogP contribution in [-0.4, -0.2) is 11.1 Å². The topological polar surface area (TPSA) is 55.1 Å². The highest BCUT2D eigenvalue weighted by Gasteiger charge is 2.16. The first-order chi connectivity index (χ1) is 7.27. The molecule has 0 fully saturated rings. The van der Waals surface area contributed by atoms with E-state index < -0.39 is 0 Å². The lowest BCUT2D eigenvalue weighted by atomic mass is 9.98. The van der Waals surface area contributed by atoms with Gasteiger partial charge >= 0.3 is 0 Å². The molecule has 1 unspecified atom stereocenters. The summed E-state index contributed by atoms with van der Waals surface area (Å²) < 4.78 is 4.65. The Morgan fingerprint density at radius 2 is 2.40 bits per heavy atom. The summed E-state index contributed by atoms with van der Waals surface area (Å²) in [6, 6.07) is 1.64. The molecule has 0 spiro atoms. The predicted molar refractivity (Wildman–Crippen MR) is 58.4 cm³/mol. The number of anilines is 1. The van der Waals surface area contributed by atoms with Crippen LogP contribution in [0.2, 0.25) is 0 Å². The quantitative estimate of drug-likeness (QED) is 0.785. The van der Waals surface area contributed by atoms with Gasteiger partial charge in [-0.2, -0.15) is 0 Å². The molecule has 15 heavy (non-hydrogen) atoms. The summed E-state index contributed by atoms with van der Waals surface area (Å²) in [7, 11) is 0. The fraction of sp³-hybridized carbons (Fsp3) is 0.636. The van der Waals surface area contributed by atoms with Gasteiger partial charge in [0.1, 0.15) is 6.26 Å². The highest BCUT2D eigenvalue weighted by atomic mass is 16.5. The van der Waals surface area contributed by atoms with Gasteiger partial charge in [-0.3, -0.25) is 4.79 Å². The molecule has 1 N–H and O–H groups in total. The minimum Gasteiger partial charge on any atom is -0.363 e. The van der Waals surface area contributed by atoms with E-state index in [0.29, 0.717) is 5.82 Å². The van der Waals surface area contributed by atoms with E-state index in [2.05, 4.69) is 21.9 Å². The number of hydrogen-bond acceptors (Lipinski definition) is 3. The maximum atomic E-state index is 11.8. The van der Waals surface area contributed by atoms with Crippen LogP contribution in [0.25, 0.3) is 0 Å². The van der Waals surface area contributed by atoms with Crippen molar-refractivity contribution in [1.29, 1.82) is 0 Å². The van der Waals surface area contributed by atoms with Gasteiger partial charge in [-0.1, -0.05) is 31.8 Å². The van der Waals surface area contributed by atoms with E-state index in [1.54, 1.807) is 6.07 Å². The zero-order valence-corrected chi connectivity index (χ0v) is 9.32. The first-order valence-electron chi connectivity index (χ1n) is 5.49. The predicted octanol–water partition coefficient (Wildman–Crippen LogP) is 2.83. The maximum absolute atomic E-state index is 11.8. The van der Waals surface area contributed by atoms with Crippen LogP contribution in [0.5, 0.6) is 0 Å². The van der Waals surface area contributed by atoms with E-state index in [4.69, 9.17) is 0 Å². The van der Waals surface area contributed by atoms with E-state index in [9.17, 15) is 4.79 Å². The zero-order valence-electron chi connectivity index (χ0n) is 9.32. The lowest BCUT2D eigenvalue weighted by molar-refractivity contribution is -0.120. The number of carbonyl (C=O) groups excluding carboxylic acids is 1. The minimum atomic E-state index is 0.0415. The van der Waals surface area contributed by atoms with Gasteiger partial charge in [0.25, 0.3) is 0 Å². The van der Waals surface area contributed by atoms with E-state index in [-0.39, 0.29) is 11.8 Å². The monoisotopic (exact) mass is 210 g/mol. The molecule has 1 aromatic rings. The molecule has 4 nitrogen and oxygen atoms in total. The summed E-state index contributed by atoms with van der Waals surface area (Å²) in [4.78, 5) is 11.8. The summed E-state index contributed by atoms with van der Waals surface area (Å²) in [5, 5.41) is 6.38. The minimum absolute atomic E-state index is 0.0415. The SMILES string of the molecule is CCCCC(CC)C(=O)Nc1ccon1. The van der Waals surface area contributed by atoms with Crippen LogP contribution in [0.15, 0.2) is 16.9 Å². The number of nitrogens with zero attached hydrogens (tertiary/aromatic N) is 1. The van der Waals surface area contributed by atoms with Crippen molar-refractivity contribution >= 4 is 11.7 Å². The van der Waals surface area contributed by atoms with Crippen LogP contribution in [-0.2, 0) is 4.79 Å². The molecule has 0 saturated heterocycles. The normalized spacial score (nSPS) is 12.4. The number of unbranched alkanes of at least 4 members (excludes halogenated alkanes) is 1. The fourth-order valence-corrected chi connectivity index (χ4v) is 1.48. The van der Waals surface area contributed by atoms with Gasteiger partial charge in [0, 0.05) is 12.0 Å². The molecule has 0 aliphatic carbocycles. The fourth-order valence-electron chi connectivity index (χ4n) is 1.48. The molecule has 0 aliphatic heterocycles. The number of aromatic nitrogens is 1. The molecule has 1 aromatic heterocycles. The molecular formula is C11H18N2O2. The number of amides is 1. The molecule has 0 radical (unpaired) electrons. The van der Waals surface area contributed by atoms with E-state index >= 15 is 0 Å². The highest BCUT2D eigenvalue weighted by molar-refractivity contribution is 5.91. The van der Waals surface area contributed by atoms with E-state index in [1.165, 1.54) is 6.26 Å². The van der Waals surface area contributed by atoms with Crippen LogP contribution in [0.4, 0.5) is 5.82 Å². The second-order valence-electron chi connectivity index (χ2n) is 3.62. The van der Waals surface area contributed by atoms with Crippen LogP contribution < -0.4 is 5.32 Å². The molecule has 1 heterocycles. The summed E-state index contributed by atoms with van der Waals surface area (Å²) in [6.07, 6.45) is 5.46. The summed E-state index contributed by atoms with van der Waals surface area (Å²) in [5.74, 6) is 0.622. The van der Waals surface area contributed by atoms with Crippen molar-refractivity contribution in [2.75, 3.05) is 5.32 Å². The Bertz CT molecular complexity index is 283. The summed E-state index contributed by atoms with van der Waals surface area (Å²) in [6.45, 7) is 4.16. The first kappa shape index (κ1) is 11.8. The molecule has 0 aliphatic rings. The van der Waals surface area contributed by atoms with Crippen molar-refractivity contribution in [3.8, 4) is 0 Å². The highest BCUT2D eigenvalue weighted by Crippen LogP contribution is 2.15. The molecular weight excluding hydrogens is 192 g/mol. The Balaban J connectivity index is 2.43. The van der Waals surface area contributed by atoms with Gasteiger partial charge in [0.2, 0.25) is 5.91 Å². The number of nitrogens with one attached hydrogen (secondary N) is 1. The molecule has 1 amide bonds. The maximum Gasteiger partial charge on any atom is 0.228 e. The standard InChI is InChI=1S/C11H18N2O2/c1-3-5-6-9(4-2)11(14)12-10-7-8-15-13-10/h7-9H,3-6H2,1-2H3,(H,12,13,14). The molecule has 4 heteroatoms. The van der Waals surface area contributed by atoms with Crippen molar-refractivity contribution in [3.05, 3.63) is 12.3 Å². The first-order valence-corrected chi connectivity index (χ1v) is 5.49. The molecule has 1 rings (SSSR count). The molecule has 1 atom stereocenters. The lowest BCUT2D eigenvalue weighted by Gasteiger charge is -2.12. The molecule has 84 valence electrons. The molecule has 0 aromatic carbocycles. The van der Waals surface area contributed by atoms with Crippen molar-refractivity contribution in [2.45, 2.75) is 39.5 Å². The third-order valence-electron chi connectivity index (χ3n) is 2.46. The molecule has 0 bridgehead atoms. The largest absolute Gasteiger partial charge is 0.363 e. The average molecular weight is 210 g/mol. The summed E-state index contributed by atoms with van der Waals surface area (Å²) >= 11 is 0. The Hall–Kier alpha value is -1.32. The van der Waals surface area contributed by atoms with Crippen LogP contribution >= 0.6 is 0 Å². The molecule has 0 saturated carbocycles. The Morgan fingerprint density at radius 1 is 1.60 bits per heavy atom. The average Bonchev–Trinajstić information content (AvgIpc) is 2.71. The van der Waals surface area contributed by atoms with Gasteiger partial charge in [0.15, 0.2) is 5.82 Å². The third kappa shape index (κ3) is 3.73. The Kier molecular flexibility index (Phi) is 4.87. The van der Waals surface area contributed by atoms with Crippen LogP contribution in [0.3, 0.4) is 0 Å². The Labute approximate surface area is 90.0 Å². The zero-order chi connectivity index (χ0) is 11.1. The third-order valence-corrected chi connectivity index (χ3v) is 2.46. The van der Waals surface area contributed by atoms with Gasteiger partial charge < -0.3 is 9.84 Å². The second-order valence-corrected chi connectivity index (χ2v) is 3.62. The van der Waals surface area contributed by atoms with Crippen molar-refractivity contribution in [3.63, 3.8) is 0 Å². The number of carbonyl (C=O) groups is 1. The van der Waals surface area contributed by atoms with E-state index in [1.807, 2.05) is 6.92 Å². The van der Waals surface area contributed by atoms with Crippen LogP contribution in [0, 0.1) is 5.92 Å². The summed E-state index contributed by atoms with van der Waals surface area (Å²) in [5.41, 5.74) is 0. The number of hydrogen-bond donors (Lipinski definition) is 1. The van der Waals surface area contributed by atoms with E-state index in [0.717, 1.165) is 25.7 Å². The lowest BCUT2D eigenvalue weighted by Crippen LogP contribution is -2.22. The Morgan fingerprint density at radius 3 is 2.93 bits per heavy atom. The number of rotatable bonds is 6. The van der Waals surface area contributed by atoms with Crippen LogP contribution in [0.1, 0.15) is 39.5 Å². The van der Waals surface area contributed by atoms with Crippen molar-refractivity contribution in [2.24, 2.45) is 5.92 Å². The smallest absolute Gasteiger partial charge is 0.228 e.